The lowest BCUT2D eigenvalue weighted by Crippen LogP contribution is -2.44. The van der Waals surface area contributed by atoms with Crippen LogP contribution in [0.25, 0.3) is 0 Å². The van der Waals surface area contributed by atoms with E-state index in [1.807, 2.05) is 4.90 Å². The number of hydrogen-bond acceptors (Lipinski definition) is 5. The van der Waals surface area contributed by atoms with Crippen LogP contribution in [0, 0.1) is 10.1 Å². The number of hydrogen-bond donors (Lipinski definition) is 1. The lowest BCUT2D eigenvalue weighted by Gasteiger charge is -2.33. The highest BCUT2D eigenvalue weighted by molar-refractivity contribution is 5.73. The number of pyridine rings is 1. The molecule has 1 saturated heterocycles. The van der Waals surface area contributed by atoms with Crippen molar-refractivity contribution in [1.29, 1.82) is 0 Å². The third-order valence-corrected chi connectivity index (χ3v) is 3.22. The normalized spacial score (nSPS) is 16.2. The van der Waals surface area contributed by atoms with Crippen molar-refractivity contribution in [2.45, 2.75) is 25.8 Å². The number of carbonyl (C=O) groups is 1. The van der Waals surface area contributed by atoms with Crippen LogP contribution in [0.5, 0.6) is 0 Å². The second-order valence-electron chi connectivity index (χ2n) is 4.58. The van der Waals surface area contributed by atoms with Gasteiger partial charge in [-0.1, -0.05) is 0 Å². The molecule has 2 heterocycles. The molecular formula is C12H16N4O3. The zero-order valence-corrected chi connectivity index (χ0v) is 10.7. The fourth-order valence-corrected chi connectivity index (χ4v) is 2.34. The third-order valence-electron chi connectivity index (χ3n) is 3.22. The molecule has 1 N–H and O–H groups in total. The van der Waals surface area contributed by atoms with Crippen LogP contribution in [0.1, 0.15) is 19.8 Å². The maximum atomic E-state index is 11.0. The Kier molecular flexibility index (Phi) is 3.94. The van der Waals surface area contributed by atoms with Crippen molar-refractivity contribution in [2.24, 2.45) is 0 Å². The van der Waals surface area contributed by atoms with Crippen molar-refractivity contribution in [1.82, 2.24) is 10.3 Å². The lowest BCUT2D eigenvalue weighted by atomic mass is 10.0. The van der Waals surface area contributed by atoms with E-state index in [-0.39, 0.29) is 17.6 Å². The van der Waals surface area contributed by atoms with Crippen molar-refractivity contribution in [2.75, 3.05) is 18.0 Å². The van der Waals surface area contributed by atoms with Crippen LogP contribution >= 0.6 is 0 Å². The summed E-state index contributed by atoms with van der Waals surface area (Å²) in [7, 11) is 0. The van der Waals surface area contributed by atoms with Gasteiger partial charge in [-0.25, -0.2) is 0 Å². The summed E-state index contributed by atoms with van der Waals surface area (Å²) in [6.45, 7) is 2.88. The minimum atomic E-state index is -0.414. The first-order valence-corrected chi connectivity index (χ1v) is 6.18. The molecule has 0 saturated carbocycles. The number of rotatable bonds is 3. The number of anilines is 1. The second kappa shape index (κ2) is 5.64. The molecule has 102 valence electrons. The molecular weight excluding hydrogens is 248 g/mol. The fraction of sp³-hybridized carbons (Fsp3) is 0.500. The van der Waals surface area contributed by atoms with Crippen LogP contribution in [0.15, 0.2) is 18.5 Å². The number of nitro groups is 1. The Labute approximate surface area is 110 Å². The highest BCUT2D eigenvalue weighted by Crippen LogP contribution is 2.28. The minimum Gasteiger partial charge on any atom is -0.366 e. The van der Waals surface area contributed by atoms with E-state index < -0.39 is 4.92 Å². The van der Waals surface area contributed by atoms with Crippen LogP contribution < -0.4 is 10.2 Å². The van der Waals surface area contributed by atoms with Gasteiger partial charge in [0.25, 0.3) is 0 Å². The first-order valence-electron chi connectivity index (χ1n) is 6.18. The molecule has 19 heavy (non-hydrogen) atoms. The summed E-state index contributed by atoms with van der Waals surface area (Å²) < 4.78 is 0. The summed E-state index contributed by atoms with van der Waals surface area (Å²) in [5, 5.41) is 13.8. The second-order valence-corrected chi connectivity index (χ2v) is 4.58. The van der Waals surface area contributed by atoms with Crippen molar-refractivity contribution < 1.29 is 9.72 Å². The van der Waals surface area contributed by atoms with Crippen molar-refractivity contribution in [3.05, 3.63) is 28.6 Å². The van der Waals surface area contributed by atoms with E-state index in [0.29, 0.717) is 18.8 Å². The molecule has 0 aliphatic carbocycles. The first kappa shape index (κ1) is 13.3. The molecule has 0 radical (unpaired) electrons. The van der Waals surface area contributed by atoms with E-state index >= 15 is 0 Å². The molecule has 7 nitrogen and oxygen atoms in total. The average Bonchev–Trinajstić information content (AvgIpc) is 2.39. The van der Waals surface area contributed by atoms with E-state index in [2.05, 4.69) is 10.3 Å². The highest BCUT2D eigenvalue weighted by atomic mass is 16.6. The zero-order valence-electron chi connectivity index (χ0n) is 10.7. The van der Waals surface area contributed by atoms with Crippen LogP contribution in [0.4, 0.5) is 11.4 Å². The monoisotopic (exact) mass is 264 g/mol. The van der Waals surface area contributed by atoms with E-state index in [1.54, 1.807) is 12.3 Å². The summed E-state index contributed by atoms with van der Waals surface area (Å²) >= 11 is 0. The maximum absolute atomic E-state index is 11.0. The van der Waals surface area contributed by atoms with Gasteiger partial charge in [0.1, 0.15) is 11.9 Å². The molecule has 7 heteroatoms. The van der Waals surface area contributed by atoms with E-state index in [4.69, 9.17) is 0 Å². The molecule has 1 aromatic rings. The summed E-state index contributed by atoms with van der Waals surface area (Å²) in [5.74, 6) is -0.0339. The van der Waals surface area contributed by atoms with Crippen molar-refractivity contribution in [3.8, 4) is 0 Å². The fourth-order valence-electron chi connectivity index (χ4n) is 2.34. The standard InChI is InChI=1S/C12H16N4O3/c1-9(17)14-10-3-6-15(7-4-10)11-2-5-13-8-12(11)16(18)19/h2,5,8,10H,3-4,6-7H2,1H3,(H,14,17). The van der Waals surface area contributed by atoms with Gasteiger partial charge in [0.15, 0.2) is 0 Å². The molecule has 0 aromatic carbocycles. The summed E-state index contributed by atoms with van der Waals surface area (Å²) in [5.41, 5.74) is 0.627. The van der Waals surface area contributed by atoms with E-state index in [0.717, 1.165) is 12.8 Å². The van der Waals surface area contributed by atoms with Gasteiger partial charge in [-0.05, 0) is 18.9 Å². The van der Waals surface area contributed by atoms with Crippen LogP contribution in [-0.4, -0.2) is 34.9 Å². The minimum absolute atomic E-state index is 0.0282. The Morgan fingerprint density at radius 3 is 2.79 bits per heavy atom. The zero-order chi connectivity index (χ0) is 13.8. The van der Waals surface area contributed by atoms with Gasteiger partial charge >= 0.3 is 5.69 Å². The average molecular weight is 264 g/mol. The number of carbonyl (C=O) groups excluding carboxylic acids is 1. The van der Waals surface area contributed by atoms with Gasteiger partial charge < -0.3 is 10.2 Å². The molecule has 2 rings (SSSR count). The molecule has 0 unspecified atom stereocenters. The number of amides is 1. The highest BCUT2D eigenvalue weighted by Gasteiger charge is 2.24. The van der Waals surface area contributed by atoms with E-state index in [9.17, 15) is 14.9 Å². The molecule has 1 aromatic heterocycles. The Balaban J connectivity index is 2.05. The quantitative estimate of drug-likeness (QED) is 0.652. The Morgan fingerprint density at radius 2 is 2.21 bits per heavy atom. The molecule has 1 amide bonds. The Hall–Kier alpha value is -2.18. The van der Waals surface area contributed by atoms with Crippen LogP contribution in [0.3, 0.4) is 0 Å². The summed E-state index contributed by atoms with van der Waals surface area (Å²) in [6, 6.07) is 1.83. The van der Waals surface area contributed by atoms with Crippen LogP contribution in [0.2, 0.25) is 0 Å². The van der Waals surface area contributed by atoms with E-state index in [1.165, 1.54) is 13.1 Å². The number of nitrogens with zero attached hydrogens (tertiary/aromatic N) is 3. The lowest BCUT2D eigenvalue weighted by molar-refractivity contribution is -0.384. The van der Waals surface area contributed by atoms with Gasteiger partial charge in [-0.2, -0.15) is 0 Å². The number of piperidine rings is 1. The maximum Gasteiger partial charge on any atom is 0.310 e. The van der Waals surface area contributed by atoms with Crippen molar-refractivity contribution in [3.63, 3.8) is 0 Å². The molecule has 1 fully saturated rings. The molecule has 0 atom stereocenters. The molecule has 1 aliphatic rings. The predicted octanol–water partition coefficient (Wildman–Crippen LogP) is 1.09. The summed E-state index contributed by atoms with van der Waals surface area (Å²) in [4.78, 5) is 27.3. The molecule has 1 aliphatic heterocycles. The number of aromatic nitrogens is 1. The summed E-state index contributed by atoms with van der Waals surface area (Å²) in [6.07, 6.45) is 4.41. The molecule has 0 bridgehead atoms. The van der Waals surface area contributed by atoms with Gasteiger partial charge in [-0.3, -0.25) is 19.9 Å². The predicted molar refractivity (Wildman–Crippen MR) is 69.9 cm³/mol. The van der Waals surface area contributed by atoms with Gasteiger partial charge in [0, 0.05) is 32.3 Å². The Bertz CT molecular complexity index is 484. The smallest absolute Gasteiger partial charge is 0.310 e. The largest absolute Gasteiger partial charge is 0.366 e. The Morgan fingerprint density at radius 1 is 1.53 bits per heavy atom. The van der Waals surface area contributed by atoms with Gasteiger partial charge in [0.05, 0.1) is 4.92 Å². The third kappa shape index (κ3) is 3.18. The van der Waals surface area contributed by atoms with Crippen LogP contribution in [-0.2, 0) is 4.79 Å². The van der Waals surface area contributed by atoms with Gasteiger partial charge in [0.2, 0.25) is 5.91 Å². The van der Waals surface area contributed by atoms with Crippen molar-refractivity contribution >= 4 is 17.3 Å². The van der Waals surface area contributed by atoms with Gasteiger partial charge in [-0.15, -0.1) is 0 Å². The SMILES string of the molecule is CC(=O)NC1CCN(c2ccncc2[N+](=O)[O-])CC1. The topological polar surface area (TPSA) is 88.4 Å². The molecule has 0 spiro atoms. The number of nitrogens with one attached hydrogen (secondary N) is 1. The first-order chi connectivity index (χ1) is 9.08.